The van der Waals surface area contributed by atoms with Gasteiger partial charge in [-0.25, -0.2) is 10.1 Å². The van der Waals surface area contributed by atoms with Crippen LogP contribution in [0, 0.1) is 17.0 Å². The zero-order valence-electron chi connectivity index (χ0n) is 10.1. The van der Waals surface area contributed by atoms with E-state index in [4.69, 9.17) is 5.73 Å². The summed E-state index contributed by atoms with van der Waals surface area (Å²) in [7, 11) is 0. The van der Waals surface area contributed by atoms with Gasteiger partial charge < -0.3 is 10.7 Å². The third-order valence-corrected chi connectivity index (χ3v) is 2.50. The predicted octanol–water partition coefficient (Wildman–Crippen LogP) is 0.906. The van der Waals surface area contributed by atoms with Crippen LogP contribution >= 0.6 is 0 Å². The largest absolute Gasteiger partial charge is 0.364 e. The highest BCUT2D eigenvalue weighted by Crippen LogP contribution is 2.19. The normalized spacial score (nSPS) is 12.2. The lowest BCUT2D eigenvalue weighted by molar-refractivity contribution is -0.525. The van der Waals surface area contributed by atoms with E-state index in [2.05, 4.69) is 15.2 Å². The van der Waals surface area contributed by atoms with Crippen molar-refractivity contribution in [2.75, 3.05) is 0 Å². The molecule has 1 aromatic heterocycles. The first kappa shape index (κ1) is 12.6. The van der Waals surface area contributed by atoms with Gasteiger partial charge in [-0.05, 0) is 13.0 Å². The topological polar surface area (TPSA) is 122 Å². The van der Waals surface area contributed by atoms with E-state index in [1.54, 1.807) is 5.43 Å². The van der Waals surface area contributed by atoms with Gasteiger partial charge in [-0.1, -0.05) is 23.6 Å². The van der Waals surface area contributed by atoms with E-state index in [0.717, 1.165) is 22.2 Å². The highest BCUT2D eigenvalue weighted by molar-refractivity contribution is 6.00. The number of aryl methyl sites for hydroxylation is 1. The molecule has 2 rings (SSSR count). The van der Waals surface area contributed by atoms with Crippen molar-refractivity contribution >= 4 is 23.1 Å². The smallest absolute Gasteiger partial charge is 0.275 e. The van der Waals surface area contributed by atoms with Crippen LogP contribution in [0.15, 0.2) is 34.5 Å². The van der Waals surface area contributed by atoms with Gasteiger partial charge >= 0.3 is 0 Å². The fourth-order valence-corrected chi connectivity index (χ4v) is 1.73. The molecule has 0 saturated heterocycles. The number of H-pyrrole nitrogens is 1. The summed E-state index contributed by atoms with van der Waals surface area (Å²) in [5, 5.41) is 17.5. The molecule has 0 saturated carbocycles. The average molecular weight is 260 g/mol. The Labute approximate surface area is 108 Å². The zero-order valence-corrected chi connectivity index (χ0v) is 10.1. The summed E-state index contributed by atoms with van der Waals surface area (Å²) in [4.78, 5) is 13.3. The Morgan fingerprint density at radius 2 is 2.26 bits per heavy atom. The van der Waals surface area contributed by atoms with Crippen LogP contribution < -0.4 is 11.2 Å². The number of hydrogen-bond acceptors (Lipinski definition) is 4. The van der Waals surface area contributed by atoms with Crippen molar-refractivity contribution in [3.63, 3.8) is 0 Å². The number of nitrogens with zero attached hydrogens (tertiary/aromatic N) is 3. The molecule has 8 heteroatoms. The number of aromatic amines is 1. The maximum Gasteiger partial charge on any atom is 0.275 e. The second-order valence-corrected chi connectivity index (χ2v) is 3.81. The van der Waals surface area contributed by atoms with Crippen molar-refractivity contribution in [1.82, 2.24) is 10.4 Å². The van der Waals surface area contributed by atoms with E-state index in [-0.39, 0.29) is 5.96 Å². The van der Waals surface area contributed by atoms with Crippen molar-refractivity contribution in [3.05, 3.63) is 45.6 Å². The minimum atomic E-state index is -0.800. The van der Waals surface area contributed by atoms with Gasteiger partial charge in [0.2, 0.25) is 0 Å². The molecule has 0 spiro atoms. The molecule has 0 fully saturated rings. The highest BCUT2D eigenvalue weighted by atomic mass is 16.7. The maximum absolute atomic E-state index is 10.1. The lowest BCUT2D eigenvalue weighted by Gasteiger charge is -1.92. The van der Waals surface area contributed by atoms with E-state index in [0.29, 0.717) is 0 Å². The van der Waals surface area contributed by atoms with Crippen LogP contribution in [-0.4, -0.2) is 22.2 Å². The Morgan fingerprint density at radius 3 is 3.00 bits per heavy atom. The summed E-state index contributed by atoms with van der Waals surface area (Å²) in [6.07, 6.45) is 1.50. The highest BCUT2D eigenvalue weighted by Gasteiger charge is 2.05. The lowest BCUT2D eigenvalue weighted by Crippen LogP contribution is -2.35. The first-order valence-electron chi connectivity index (χ1n) is 5.43. The van der Waals surface area contributed by atoms with E-state index >= 15 is 0 Å². The summed E-state index contributed by atoms with van der Waals surface area (Å²) in [6.45, 7) is 1.91. The molecule has 0 unspecified atom stereocenters. The quantitative estimate of drug-likeness (QED) is 0.328. The number of benzene rings is 1. The van der Waals surface area contributed by atoms with Gasteiger partial charge in [0.05, 0.1) is 6.21 Å². The number of para-hydroxylation sites is 1. The summed E-state index contributed by atoms with van der Waals surface area (Å²) < 4.78 is 0. The van der Waals surface area contributed by atoms with Crippen LogP contribution in [0.5, 0.6) is 0 Å². The molecule has 0 radical (unpaired) electrons. The van der Waals surface area contributed by atoms with Crippen LogP contribution in [0.25, 0.3) is 10.9 Å². The minimum absolute atomic E-state index is 0.376. The average Bonchev–Trinajstić information content (AvgIpc) is 2.65. The first-order chi connectivity index (χ1) is 9.08. The van der Waals surface area contributed by atoms with Crippen molar-refractivity contribution in [3.8, 4) is 0 Å². The van der Waals surface area contributed by atoms with Gasteiger partial charge in [0.25, 0.3) is 5.96 Å². The summed E-state index contributed by atoms with van der Waals surface area (Å²) in [5.74, 6) is -0.376. The molecule has 1 heterocycles. The number of nitro groups is 1. The Kier molecular flexibility index (Phi) is 3.42. The summed E-state index contributed by atoms with van der Waals surface area (Å²) in [6, 6.07) is 7.74. The molecular weight excluding hydrogens is 248 g/mol. The molecule has 0 amide bonds. The minimum Gasteiger partial charge on any atom is -0.364 e. The Balaban J connectivity index is 2.26. The van der Waals surface area contributed by atoms with Gasteiger partial charge in [0, 0.05) is 22.2 Å². The first-order valence-corrected chi connectivity index (χ1v) is 5.43. The van der Waals surface area contributed by atoms with Gasteiger partial charge in [-0.15, -0.1) is 5.10 Å². The number of rotatable bonds is 3. The van der Waals surface area contributed by atoms with E-state index in [1.807, 2.05) is 31.2 Å². The number of hydrazine groups is 1. The number of aromatic nitrogens is 1. The SMILES string of the molecule is Cc1[nH]c2ccccc2c1/C=N\N=C(/N)N[N+](=O)[O-]. The molecule has 0 aliphatic carbocycles. The molecule has 0 bridgehead atoms. The number of fused-ring (bicyclic) bond motifs is 1. The van der Waals surface area contributed by atoms with Crippen molar-refractivity contribution < 1.29 is 5.03 Å². The van der Waals surface area contributed by atoms with E-state index < -0.39 is 5.03 Å². The molecule has 1 aromatic carbocycles. The second kappa shape index (κ2) is 5.17. The Morgan fingerprint density at radius 1 is 1.53 bits per heavy atom. The molecule has 8 nitrogen and oxygen atoms in total. The third kappa shape index (κ3) is 2.86. The molecule has 0 aliphatic heterocycles. The number of guanidine groups is 1. The van der Waals surface area contributed by atoms with Gasteiger partial charge in [-0.2, -0.15) is 5.10 Å². The molecule has 19 heavy (non-hydrogen) atoms. The standard InChI is InChI=1S/C11H12N6O2/c1-7-9(6-13-15-11(12)16-17(18)19)8-4-2-3-5-10(8)14-7/h2-6,14H,1H3,(H3,12,15,16)/b13-6-. The van der Waals surface area contributed by atoms with Gasteiger partial charge in [0.15, 0.2) is 5.03 Å². The second-order valence-electron chi connectivity index (χ2n) is 3.81. The van der Waals surface area contributed by atoms with Crippen LogP contribution in [0.2, 0.25) is 0 Å². The van der Waals surface area contributed by atoms with E-state index in [9.17, 15) is 10.1 Å². The molecule has 2 aromatic rings. The molecule has 4 N–H and O–H groups in total. The fourth-order valence-electron chi connectivity index (χ4n) is 1.73. The van der Waals surface area contributed by atoms with Crippen LogP contribution in [0.4, 0.5) is 0 Å². The Hall–Kier alpha value is -2.90. The fraction of sp³-hybridized carbons (Fsp3) is 0.0909. The molecule has 0 aliphatic rings. The predicted molar refractivity (Wildman–Crippen MR) is 72.4 cm³/mol. The number of nitrogens with one attached hydrogen (secondary N) is 2. The van der Waals surface area contributed by atoms with Crippen LogP contribution in [0.1, 0.15) is 11.3 Å². The monoisotopic (exact) mass is 260 g/mol. The van der Waals surface area contributed by atoms with E-state index in [1.165, 1.54) is 6.21 Å². The maximum atomic E-state index is 10.1. The van der Waals surface area contributed by atoms with Crippen molar-refractivity contribution in [2.45, 2.75) is 6.92 Å². The zero-order chi connectivity index (χ0) is 13.8. The third-order valence-electron chi connectivity index (χ3n) is 2.50. The summed E-state index contributed by atoms with van der Waals surface area (Å²) in [5.41, 5.74) is 9.73. The number of nitrogens with two attached hydrogens (primary N) is 1. The van der Waals surface area contributed by atoms with Gasteiger partial charge in [0.1, 0.15) is 0 Å². The van der Waals surface area contributed by atoms with Crippen LogP contribution in [-0.2, 0) is 0 Å². The molecular formula is C11H12N6O2. The van der Waals surface area contributed by atoms with Crippen molar-refractivity contribution in [2.24, 2.45) is 15.9 Å². The molecule has 0 atom stereocenters. The van der Waals surface area contributed by atoms with Crippen molar-refractivity contribution in [1.29, 1.82) is 0 Å². The Bertz CT molecular complexity index is 673. The lowest BCUT2D eigenvalue weighted by atomic mass is 10.1. The molecule has 98 valence electrons. The van der Waals surface area contributed by atoms with Crippen LogP contribution in [0.3, 0.4) is 0 Å². The summed E-state index contributed by atoms with van der Waals surface area (Å²) >= 11 is 0. The number of hydrogen-bond donors (Lipinski definition) is 3. The van der Waals surface area contributed by atoms with Gasteiger partial charge in [-0.3, -0.25) is 0 Å².